The number of aromatic nitrogens is 2. The number of carbonyl (C=O) groups is 1. The Morgan fingerprint density at radius 2 is 1.94 bits per heavy atom. The Bertz CT molecular complexity index is 910. The van der Waals surface area contributed by atoms with Crippen molar-refractivity contribution in [3.8, 4) is 5.75 Å². The second-order valence-electron chi connectivity index (χ2n) is 9.02. The van der Waals surface area contributed by atoms with Crippen LogP contribution in [0.1, 0.15) is 36.9 Å². The maximum absolute atomic E-state index is 13.2. The topological polar surface area (TPSA) is 59.8 Å². The van der Waals surface area contributed by atoms with Gasteiger partial charge in [-0.25, -0.2) is 0 Å². The summed E-state index contributed by atoms with van der Waals surface area (Å²) in [7, 11) is 1.94. The molecule has 0 spiro atoms. The van der Waals surface area contributed by atoms with Crippen LogP contribution in [0.15, 0.2) is 30.5 Å². The fourth-order valence-electron chi connectivity index (χ4n) is 4.62. The normalized spacial score (nSPS) is 22.2. The van der Waals surface area contributed by atoms with Crippen molar-refractivity contribution in [1.29, 1.82) is 0 Å². The number of amides is 1. The Kier molecular flexibility index (Phi) is 7.38. The van der Waals surface area contributed by atoms with Crippen molar-refractivity contribution in [3.63, 3.8) is 0 Å². The first-order chi connectivity index (χ1) is 15.4. The van der Waals surface area contributed by atoms with Crippen molar-refractivity contribution in [3.05, 3.63) is 46.7 Å². The van der Waals surface area contributed by atoms with Crippen molar-refractivity contribution in [2.24, 2.45) is 7.05 Å². The number of nitrogens with zero attached hydrogens (tertiary/aromatic N) is 4. The van der Waals surface area contributed by atoms with Gasteiger partial charge in [0, 0.05) is 56.6 Å². The fourth-order valence-corrected chi connectivity index (χ4v) is 4.75. The van der Waals surface area contributed by atoms with Crippen LogP contribution in [-0.2, 0) is 23.1 Å². The average Bonchev–Trinajstić information content (AvgIpc) is 3.10. The number of hydrogen-bond acceptors (Lipinski definition) is 5. The van der Waals surface area contributed by atoms with E-state index < -0.39 is 5.60 Å². The van der Waals surface area contributed by atoms with E-state index in [9.17, 15) is 4.79 Å². The first-order valence-corrected chi connectivity index (χ1v) is 11.8. The summed E-state index contributed by atoms with van der Waals surface area (Å²) in [6.07, 6.45) is 5.74. The molecular weight excluding hydrogens is 428 g/mol. The molecule has 0 radical (unpaired) electrons. The average molecular weight is 461 g/mol. The van der Waals surface area contributed by atoms with Gasteiger partial charge in [-0.1, -0.05) is 11.6 Å². The lowest BCUT2D eigenvalue weighted by Crippen LogP contribution is -2.57. The lowest BCUT2D eigenvalue weighted by molar-refractivity contribution is -0.157. The van der Waals surface area contributed by atoms with E-state index in [1.54, 1.807) is 0 Å². The lowest BCUT2D eigenvalue weighted by Gasteiger charge is -2.43. The molecule has 7 nitrogen and oxygen atoms in total. The summed E-state index contributed by atoms with van der Waals surface area (Å²) in [6, 6.07) is 7.31. The Morgan fingerprint density at radius 1 is 1.19 bits per heavy atom. The summed E-state index contributed by atoms with van der Waals surface area (Å²) < 4.78 is 14.3. The molecule has 1 atom stereocenters. The van der Waals surface area contributed by atoms with Gasteiger partial charge in [-0.3, -0.25) is 14.4 Å². The van der Waals surface area contributed by atoms with Crippen LogP contribution in [0.3, 0.4) is 0 Å². The summed E-state index contributed by atoms with van der Waals surface area (Å²) in [4.78, 5) is 17.5. The van der Waals surface area contributed by atoms with Gasteiger partial charge in [0.1, 0.15) is 18.0 Å². The smallest absolute Gasteiger partial charge is 0.225 e. The van der Waals surface area contributed by atoms with Gasteiger partial charge in [-0.2, -0.15) is 5.10 Å². The molecule has 174 valence electrons. The van der Waals surface area contributed by atoms with Crippen molar-refractivity contribution in [2.45, 2.75) is 44.8 Å². The second-order valence-corrected chi connectivity index (χ2v) is 9.45. The summed E-state index contributed by atoms with van der Waals surface area (Å²) in [5.74, 6) is 0.881. The molecule has 2 fully saturated rings. The standard InChI is InChI=1S/C24H33ClN4O3/c1-19-20(15-27(2)26-19)16-28-12-13-32-24(17-28,14-23(30)29-10-4-3-5-11-29)18-31-22-8-6-21(25)7-9-22/h6-9,15H,3-5,10-14,16-18H2,1-2H3/t24-/m0/s1. The SMILES string of the molecule is Cc1nn(C)cc1CN1CCO[C@@](COc2ccc(Cl)cc2)(CC(=O)N2CCCCC2)C1. The largest absolute Gasteiger partial charge is 0.491 e. The zero-order valence-electron chi connectivity index (χ0n) is 19.1. The van der Waals surface area contributed by atoms with Gasteiger partial charge in [0.15, 0.2) is 0 Å². The van der Waals surface area contributed by atoms with Gasteiger partial charge in [-0.05, 0) is 50.5 Å². The number of piperidine rings is 1. The molecule has 2 aliphatic heterocycles. The van der Waals surface area contributed by atoms with Crippen LogP contribution < -0.4 is 4.74 Å². The molecule has 4 rings (SSSR count). The number of benzene rings is 1. The number of rotatable bonds is 7. The second kappa shape index (κ2) is 10.2. The van der Waals surface area contributed by atoms with E-state index in [-0.39, 0.29) is 5.91 Å². The first-order valence-electron chi connectivity index (χ1n) is 11.4. The number of hydrogen-bond donors (Lipinski definition) is 0. The predicted molar refractivity (Wildman–Crippen MR) is 124 cm³/mol. The molecule has 2 aromatic rings. The fraction of sp³-hybridized carbons (Fsp3) is 0.583. The van der Waals surface area contributed by atoms with Gasteiger partial charge in [0.05, 0.1) is 18.7 Å². The van der Waals surface area contributed by atoms with Crippen LogP contribution in [-0.4, -0.2) is 70.5 Å². The first kappa shape index (κ1) is 23.1. The zero-order valence-corrected chi connectivity index (χ0v) is 19.8. The van der Waals surface area contributed by atoms with Crippen LogP contribution in [0.25, 0.3) is 0 Å². The van der Waals surface area contributed by atoms with Crippen LogP contribution in [0.4, 0.5) is 0 Å². The van der Waals surface area contributed by atoms with Crippen LogP contribution in [0.2, 0.25) is 5.02 Å². The molecule has 2 aliphatic rings. The van der Waals surface area contributed by atoms with E-state index in [1.165, 1.54) is 12.0 Å². The van der Waals surface area contributed by atoms with Gasteiger partial charge in [-0.15, -0.1) is 0 Å². The van der Waals surface area contributed by atoms with Crippen LogP contribution in [0.5, 0.6) is 5.75 Å². The highest BCUT2D eigenvalue weighted by atomic mass is 35.5. The molecule has 0 unspecified atom stereocenters. The molecule has 1 aromatic heterocycles. The highest BCUT2D eigenvalue weighted by Crippen LogP contribution is 2.28. The molecule has 1 amide bonds. The molecule has 0 aliphatic carbocycles. The quantitative estimate of drug-likeness (QED) is 0.633. The molecular formula is C24H33ClN4O3. The van der Waals surface area contributed by atoms with Gasteiger partial charge >= 0.3 is 0 Å². The molecule has 8 heteroatoms. The molecule has 1 aromatic carbocycles. The van der Waals surface area contributed by atoms with E-state index in [2.05, 4.69) is 16.2 Å². The Morgan fingerprint density at radius 3 is 2.62 bits per heavy atom. The van der Waals surface area contributed by atoms with Crippen molar-refractivity contribution in [1.82, 2.24) is 19.6 Å². The zero-order chi connectivity index (χ0) is 22.6. The van der Waals surface area contributed by atoms with Crippen LogP contribution >= 0.6 is 11.6 Å². The maximum Gasteiger partial charge on any atom is 0.225 e. The van der Waals surface area contributed by atoms with E-state index >= 15 is 0 Å². The summed E-state index contributed by atoms with van der Waals surface area (Å²) >= 11 is 6.01. The van der Waals surface area contributed by atoms with Gasteiger partial charge in [0.2, 0.25) is 5.91 Å². The maximum atomic E-state index is 13.2. The number of ether oxygens (including phenoxy) is 2. The predicted octanol–water partition coefficient (Wildman–Crippen LogP) is 3.43. The third-order valence-electron chi connectivity index (χ3n) is 6.33. The highest BCUT2D eigenvalue weighted by Gasteiger charge is 2.41. The third-order valence-corrected chi connectivity index (χ3v) is 6.59. The van der Waals surface area contributed by atoms with E-state index in [0.717, 1.165) is 50.5 Å². The van der Waals surface area contributed by atoms with E-state index in [0.29, 0.717) is 31.2 Å². The van der Waals surface area contributed by atoms with Crippen molar-refractivity contribution >= 4 is 17.5 Å². The summed E-state index contributed by atoms with van der Waals surface area (Å²) in [5, 5.41) is 5.13. The van der Waals surface area contributed by atoms with E-state index in [1.807, 2.05) is 47.8 Å². The molecule has 3 heterocycles. The molecule has 2 saturated heterocycles. The minimum absolute atomic E-state index is 0.156. The number of carbonyl (C=O) groups excluding carboxylic acids is 1. The molecule has 32 heavy (non-hydrogen) atoms. The Balaban J connectivity index is 1.49. The minimum Gasteiger partial charge on any atom is -0.491 e. The number of likely N-dealkylation sites (tertiary alicyclic amines) is 1. The monoisotopic (exact) mass is 460 g/mol. The lowest BCUT2D eigenvalue weighted by atomic mass is 9.96. The van der Waals surface area contributed by atoms with Crippen LogP contribution in [0, 0.1) is 6.92 Å². The van der Waals surface area contributed by atoms with Gasteiger partial charge < -0.3 is 14.4 Å². The van der Waals surface area contributed by atoms with Gasteiger partial charge in [0.25, 0.3) is 0 Å². The number of aryl methyl sites for hydroxylation is 2. The third kappa shape index (κ3) is 5.82. The Hall–Kier alpha value is -2.09. The van der Waals surface area contributed by atoms with Crippen molar-refractivity contribution in [2.75, 3.05) is 39.4 Å². The Labute approximate surface area is 195 Å². The summed E-state index contributed by atoms with van der Waals surface area (Å²) in [5.41, 5.74) is 1.54. The van der Waals surface area contributed by atoms with E-state index in [4.69, 9.17) is 21.1 Å². The molecule has 0 N–H and O–H groups in total. The highest BCUT2D eigenvalue weighted by molar-refractivity contribution is 6.30. The number of morpholine rings is 1. The minimum atomic E-state index is -0.692. The summed E-state index contributed by atoms with van der Waals surface area (Å²) in [6.45, 7) is 6.82. The molecule has 0 bridgehead atoms. The molecule has 0 saturated carbocycles. The van der Waals surface area contributed by atoms with Crippen molar-refractivity contribution < 1.29 is 14.3 Å². The number of halogens is 1.